The number of hydrogen-bond donors (Lipinski definition) is 2. The first-order valence-corrected chi connectivity index (χ1v) is 7.45. The van der Waals surface area contributed by atoms with Crippen LogP contribution in [0.15, 0.2) is 30.3 Å². The Hall–Kier alpha value is -1.59. The standard InChI is InChI=1S/C16H23N3O2.ClH/c1-17-11-14-8-5-9-19(14)16(21)12-18-15(20)10-13-6-3-2-4-7-13;/h2-4,6-7,14,17H,5,8-12H2,1H3,(H,18,20);1H. The lowest BCUT2D eigenvalue weighted by Crippen LogP contribution is -2.45. The summed E-state index contributed by atoms with van der Waals surface area (Å²) in [5.74, 6) is -0.104. The lowest BCUT2D eigenvalue weighted by atomic mass is 10.1. The van der Waals surface area contributed by atoms with Gasteiger partial charge in [0.15, 0.2) is 0 Å². The van der Waals surface area contributed by atoms with Crippen LogP contribution >= 0.6 is 12.4 Å². The fraction of sp³-hybridized carbons (Fsp3) is 0.500. The Morgan fingerprint density at radius 2 is 2.00 bits per heavy atom. The number of likely N-dealkylation sites (N-methyl/N-ethyl adjacent to an activating group) is 1. The Morgan fingerprint density at radius 1 is 1.27 bits per heavy atom. The second-order valence-corrected chi connectivity index (χ2v) is 5.38. The van der Waals surface area contributed by atoms with Crippen molar-refractivity contribution in [2.75, 3.05) is 26.7 Å². The topological polar surface area (TPSA) is 61.4 Å². The van der Waals surface area contributed by atoms with E-state index in [9.17, 15) is 9.59 Å². The van der Waals surface area contributed by atoms with E-state index in [0.29, 0.717) is 6.42 Å². The zero-order chi connectivity index (χ0) is 15.1. The predicted octanol–water partition coefficient (Wildman–Crippen LogP) is 0.978. The van der Waals surface area contributed by atoms with Gasteiger partial charge in [0.05, 0.1) is 13.0 Å². The molecule has 0 aromatic heterocycles. The van der Waals surface area contributed by atoms with E-state index in [0.717, 1.165) is 31.5 Å². The van der Waals surface area contributed by atoms with Gasteiger partial charge in [-0.2, -0.15) is 0 Å². The maximum atomic E-state index is 12.2. The summed E-state index contributed by atoms with van der Waals surface area (Å²) < 4.78 is 0. The number of hydrogen-bond acceptors (Lipinski definition) is 3. The Bertz CT molecular complexity index is 482. The summed E-state index contributed by atoms with van der Waals surface area (Å²) in [5, 5.41) is 5.83. The second kappa shape index (κ2) is 9.43. The predicted molar refractivity (Wildman–Crippen MR) is 89.1 cm³/mol. The summed E-state index contributed by atoms with van der Waals surface area (Å²) in [5.41, 5.74) is 0.955. The third kappa shape index (κ3) is 5.31. The van der Waals surface area contributed by atoms with Crippen molar-refractivity contribution in [3.05, 3.63) is 35.9 Å². The smallest absolute Gasteiger partial charge is 0.242 e. The Morgan fingerprint density at radius 3 is 2.68 bits per heavy atom. The molecule has 1 saturated heterocycles. The van der Waals surface area contributed by atoms with Gasteiger partial charge in [0.1, 0.15) is 0 Å². The van der Waals surface area contributed by atoms with Gasteiger partial charge in [-0.15, -0.1) is 12.4 Å². The highest BCUT2D eigenvalue weighted by Gasteiger charge is 2.27. The molecule has 22 heavy (non-hydrogen) atoms. The van der Waals surface area contributed by atoms with Crippen LogP contribution in [0.1, 0.15) is 18.4 Å². The lowest BCUT2D eigenvalue weighted by Gasteiger charge is -2.24. The highest BCUT2D eigenvalue weighted by molar-refractivity contribution is 5.86. The van der Waals surface area contributed by atoms with Crippen molar-refractivity contribution >= 4 is 24.2 Å². The number of halogens is 1. The van der Waals surface area contributed by atoms with Gasteiger partial charge < -0.3 is 15.5 Å². The molecule has 1 fully saturated rings. The Balaban J connectivity index is 0.00000242. The van der Waals surface area contributed by atoms with Gasteiger partial charge in [0.25, 0.3) is 0 Å². The number of nitrogens with one attached hydrogen (secondary N) is 2. The van der Waals surface area contributed by atoms with Gasteiger partial charge in [-0.3, -0.25) is 9.59 Å². The van der Waals surface area contributed by atoms with Crippen molar-refractivity contribution in [2.45, 2.75) is 25.3 Å². The fourth-order valence-corrected chi connectivity index (χ4v) is 2.73. The van der Waals surface area contributed by atoms with E-state index < -0.39 is 0 Å². The monoisotopic (exact) mass is 325 g/mol. The number of carbonyl (C=O) groups excluding carboxylic acids is 2. The van der Waals surface area contributed by atoms with E-state index in [-0.39, 0.29) is 36.8 Å². The van der Waals surface area contributed by atoms with E-state index >= 15 is 0 Å². The first kappa shape index (κ1) is 18.5. The van der Waals surface area contributed by atoms with E-state index in [1.54, 1.807) is 0 Å². The lowest BCUT2D eigenvalue weighted by molar-refractivity contribution is -0.133. The molecule has 2 amide bonds. The maximum absolute atomic E-state index is 12.2. The normalized spacial score (nSPS) is 17.0. The molecule has 0 aliphatic carbocycles. The van der Waals surface area contributed by atoms with Crippen LogP contribution in [0.3, 0.4) is 0 Å². The molecule has 122 valence electrons. The van der Waals surface area contributed by atoms with Gasteiger partial charge in [-0.1, -0.05) is 30.3 Å². The van der Waals surface area contributed by atoms with Crippen molar-refractivity contribution in [1.29, 1.82) is 0 Å². The number of nitrogens with zero attached hydrogens (tertiary/aromatic N) is 1. The average Bonchev–Trinajstić information content (AvgIpc) is 2.95. The second-order valence-electron chi connectivity index (χ2n) is 5.38. The van der Waals surface area contributed by atoms with Crippen LogP contribution < -0.4 is 10.6 Å². The summed E-state index contributed by atoms with van der Waals surface area (Å²) in [4.78, 5) is 25.9. The third-order valence-electron chi connectivity index (χ3n) is 3.78. The molecule has 1 atom stereocenters. The van der Waals surface area contributed by atoms with E-state index in [1.807, 2.05) is 42.3 Å². The van der Waals surface area contributed by atoms with Crippen LogP contribution in [-0.4, -0.2) is 49.4 Å². The molecule has 1 aliphatic heterocycles. The number of amides is 2. The van der Waals surface area contributed by atoms with E-state index in [4.69, 9.17) is 0 Å². The molecule has 1 aliphatic rings. The molecule has 0 bridgehead atoms. The average molecular weight is 326 g/mol. The molecule has 0 spiro atoms. The van der Waals surface area contributed by atoms with Gasteiger partial charge >= 0.3 is 0 Å². The molecule has 1 heterocycles. The molecule has 2 N–H and O–H groups in total. The van der Waals surface area contributed by atoms with Crippen molar-refractivity contribution in [1.82, 2.24) is 15.5 Å². The zero-order valence-corrected chi connectivity index (χ0v) is 13.7. The summed E-state index contributed by atoms with van der Waals surface area (Å²) in [6.45, 7) is 1.69. The molecule has 0 radical (unpaired) electrons. The van der Waals surface area contributed by atoms with Gasteiger partial charge in [-0.05, 0) is 25.5 Å². The summed E-state index contributed by atoms with van der Waals surface area (Å²) in [6.07, 6.45) is 2.38. The van der Waals surface area contributed by atoms with Crippen LogP contribution in [0.4, 0.5) is 0 Å². The van der Waals surface area contributed by atoms with Crippen molar-refractivity contribution in [2.24, 2.45) is 0 Å². The molecule has 0 saturated carbocycles. The van der Waals surface area contributed by atoms with Gasteiger partial charge in [-0.25, -0.2) is 0 Å². The third-order valence-corrected chi connectivity index (χ3v) is 3.78. The Labute approximate surface area is 137 Å². The number of likely N-dealkylation sites (tertiary alicyclic amines) is 1. The SMILES string of the molecule is CNCC1CCCN1C(=O)CNC(=O)Cc1ccccc1.Cl. The zero-order valence-electron chi connectivity index (χ0n) is 12.9. The first-order valence-electron chi connectivity index (χ1n) is 7.45. The number of rotatable bonds is 6. The number of benzene rings is 1. The highest BCUT2D eigenvalue weighted by Crippen LogP contribution is 2.16. The minimum absolute atomic E-state index is 0. The molecule has 1 unspecified atom stereocenters. The van der Waals surface area contributed by atoms with Gasteiger partial charge in [0, 0.05) is 19.1 Å². The summed E-state index contributed by atoms with van der Waals surface area (Å²) >= 11 is 0. The van der Waals surface area contributed by atoms with E-state index in [1.165, 1.54) is 0 Å². The van der Waals surface area contributed by atoms with Crippen LogP contribution in [0.25, 0.3) is 0 Å². The maximum Gasteiger partial charge on any atom is 0.242 e. The van der Waals surface area contributed by atoms with Crippen LogP contribution in [0.2, 0.25) is 0 Å². The fourth-order valence-electron chi connectivity index (χ4n) is 2.73. The quantitative estimate of drug-likeness (QED) is 0.819. The molecule has 1 aromatic carbocycles. The molecule has 5 nitrogen and oxygen atoms in total. The molecule has 2 rings (SSSR count). The minimum Gasteiger partial charge on any atom is -0.347 e. The molecular weight excluding hydrogens is 302 g/mol. The molecular formula is C16H24ClN3O2. The van der Waals surface area contributed by atoms with Crippen LogP contribution in [0, 0.1) is 0 Å². The van der Waals surface area contributed by atoms with E-state index in [2.05, 4.69) is 10.6 Å². The largest absolute Gasteiger partial charge is 0.347 e. The van der Waals surface area contributed by atoms with Crippen molar-refractivity contribution in [3.8, 4) is 0 Å². The summed E-state index contributed by atoms with van der Waals surface area (Å²) in [6, 6.07) is 9.80. The van der Waals surface area contributed by atoms with Gasteiger partial charge in [0.2, 0.25) is 11.8 Å². The minimum atomic E-state index is -0.112. The first-order chi connectivity index (χ1) is 10.2. The number of carbonyl (C=O) groups is 2. The Kier molecular flexibility index (Phi) is 7.91. The highest BCUT2D eigenvalue weighted by atomic mass is 35.5. The molecule has 6 heteroatoms. The molecule has 1 aromatic rings. The summed E-state index contributed by atoms with van der Waals surface area (Å²) in [7, 11) is 1.89. The van der Waals surface area contributed by atoms with Crippen LogP contribution in [0.5, 0.6) is 0 Å². The van der Waals surface area contributed by atoms with Crippen LogP contribution in [-0.2, 0) is 16.0 Å². The van der Waals surface area contributed by atoms with Crippen molar-refractivity contribution in [3.63, 3.8) is 0 Å². The van der Waals surface area contributed by atoms with Crippen molar-refractivity contribution < 1.29 is 9.59 Å².